The van der Waals surface area contributed by atoms with Crippen molar-refractivity contribution < 1.29 is 18.1 Å². The van der Waals surface area contributed by atoms with Crippen LogP contribution in [0.1, 0.15) is 104 Å². The van der Waals surface area contributed by atoms with Crippen LogP contribution in [0.2, 0.25) is 0 Å². The Labute approximate surface area is 143 Å². The molecule has 0 aromatic carbocycles. The molecule has 0 aliphatic carbocycles. The van der Waals surface area contributed by atoms with E-state index in [1.54, 1.807) is 0 Å². The minimum atomic E-state index is -3.85. The van der Waals surface area contributed by atoms with Gasteiger partial charge in [0.25, 0.3) is 10.1 Å². The van der Waals surface area contributed by atoms with E-state index in [1.165, 1.54) is 44.9 Å². The molecule has 0 aliphatic rings. The van der Waals surface area contributed by atoms with Gasteiger partial charge in [0.2, 0.25) is 0 Å². The highest BCUT2D eigenvalue weighted by Gasteiger charge is 2.19. The fourth-order valence-corrected chi connectivity index (χ4v) is 3.85. The molecule has 0 aromatic heterocycles. The maximum Gasteiger partial charge on any atom is 0.267 e. The van der Waals surface area contributed by atoms with Crippen molar-refractivity contribution in [1.29, 1.82) is 0 Å². The van der Waals surface area contributed by atoms with Gasteiger partial charge in [0.15, 0.2) is 0 Å². The molecule has 4 nitrogen and oxygen atoms in total. The molecule has 0 saturated heterocycles. The van der Waals surface area contributed by atoms with Crippen molar-refractivity contribution >= 4 is 10.1 Å². The molecule has 23 heavy (non-hydrogen) atoms. The molecule has 2 N–H and O–H groups in total. The van der Waals surface area contributed by atoms with E-state index in [2.05, 4.69) is 0 Å². The molecule has 0 rings (SSSR count). The first-order chi connectivity index (χ1) is 10.9. The summed E-state index contributed by atoms with van der Waals surface area (Å²) in [7, 11) is -3.85. The smallest absolute Gasteiger partial charge is 0.267 e. The fraction of sp³-hybridized carbons (Fsp3) is 1.00. The average molecular weight is 351 g/mol. The molecule has 0 saturated carbocycles. The quantitative estimate of drug-likeness (QED) is 0.300. The number of hydrogen-bond donors (Lipinski definition) is 2. The largest absolute Gasteiger partial charge is 0.393 e. The lowest BCUT2D eigenvalue weighted by Crippen LogP contribution is -2.19. The van der Waals surface area contributed by atoms with Gasteiger partial charge in [-0.15, -0.1) is 0 Å². The van der Waals surface area contributed by atoms with E-state index in [4.69, 9.17) is 9.66 Å². The molecule has 0 aliphatic heterocycles. The molecular formula is C18H38O4S. The van der Waals surface area contributed by atoms with E-state index in [-0.39, 0.29) is 6.10 Å². The Balaban J connectivity index is 3.28. The van der Waals surface area contributed by atoms with Gasteiger partial charge >= 0.3 is 0 Å². The first-order valence-corrected chi connectivity index (χ1v) is 11.0. The first kappa shape index (κ1) is 22.9. The molecule has 0 amide bonds. The summed E-state index contributed by atoms with van der Waals surface area (Å²) in [5, 5.41) is 8.58. The molecular weight excluding hydrogens is 312 g/mol. The van der Waals surface area contributed by atoms with Gasteiger partial charge in [-0.3, -0.25) is 4.55 Å². The van der Waals surface area contributed by atoms with Crippen LogP contribution in [0.4, 0.5) is 0 Å². The predicted molar refractivity (Wildman–Crippen MR) is 97.3 cm³/mol. The van der Waals surface area contributed by atoms with E-state index in [9.17, 15) is 8.42 Å². The van der Waals surface area contributed by atoms with Crippen molar-refractivity contribution in [3.63, 3.8) is 0 Å². The maximum absolute atomic E-state index is 11.1. The fourth-order valence-electron chi connectivity index (χ4n) is 2.97. The van der Waals surface area contributed by atoms with Crippen molar-refractivity contribution in [2.45, 2.75) is 115 Å². The van der Waals surface area contributed by atoms with Crippen molar-refractivity contribution in [3.05, 3.63) is 0 Å². The second kappa shape index (κ2) is 14.2. The van der Waals surface area contributed by atoms with Crippen LogP contribution in [-0.4, -0.2) is 29.4 Å². The highest BCUT2D eigenvalue weighted by molar-refractivity contribution is 7.86. The van der Waals surface area contributed by atoms with Crippen LogP contribution in [0, 0.1) is 0 Å². The zero-order chi connectivity index (χ0) is 17.6. The SMILES string of the molecule is CCC(CCCCCCCCCCCCCC(C)O)S(=O)(=O)O. The van der Waals surface area contributed by atoms with Crippen LogP contribution >= 0.6 is 0 Å². The van der Waals surface area contributed by atoms with Crippen LogP contribution in [0.25, 0.3) is 0 Å². The summed E-state index contributed by atoms with van der Waals surface area (Å²) in [5.74, 6) is 0. The Kier molecular flexibility index (Phi) is 14.2. The van der Waals surface area contributed by atoms with E-state index < -0.39 is 15.4 Å². The standard InChI is InChI=1S/C18H38O4S/c1-3-18(23(20,21)22)16-14-12-10-8-6-4-5-7-9-11-13-15-17(2)19/h17-19H,3-16H2,1-2H3,(H,20,21,22). The highest BCUT2D eigenvalue weighted by Crippen LogP contribution is 2.16. The lowest BCUT2D eigenvalue weighted by Gasteiger charge is -2.10. The summed E-state index contributed by atoms with van der Waals surface area (Å²) in [5.41, 5.74) is 0. The number of unbranched alkanes of at least 4 members (excludes halogenated alkanes) is 10. The average Bonchev–Trinajstić information content (AvgIpc) is 2.46. The van der Waals surface area contributed by atoms with Gasteiger partial charge in [-0.2, -0.15) is 8.42 Å². The summed E-state index contributed by atoms with van der Waals surface area (Å²) in [6.45, 7) is 3.66. The lowest BCUT2D eigenvalue weighted by molar-refractivity contribution is 0.180. The first-order valence-electron chi connectivity index (χ1n) is 9.52. The highest BCUT2D eigenvalue weighted by atomic mass is 32.2. The zero-order valence-corrected chi connectivity index (χ0v) is 16.0. The van der Waals surface area contributed by atoms with Gasteiger partial charge in [-0.05, 0) is 26.2 Å². The summed E-state index contributed by atoms with van der Waals surface area (Å²) in [6.07, 6.45) is 15.0. The second-order valence-corrected chi connectivity index (χ2v) is 8.56. The van der Waals surface area contributed by atoms with Crippen molar-refractivity contribution in [2.75, 3.05) is 0 Å². The molecule has 0 spiro atoms. The van der Waals surface area contributed by atoms with Gasteiger partial charge in [0, 0.05) is 0 Å². The van der Waals surface area contributed by atoms with E-state index in [0.717, 1.165) is 32.1 Å². The Morgan fingerprint density at radius 3 is 1.39 bits per heavy atom. The number of aliphatic hydroxyl groups is 1. The molecule has 0 aromatic rings. The van der Waals surface area contributed by atoms with Crippen LogP contribution in [0.15, 0.2) is 0 Å². The van der Waals surface area contributed by atoms with Crippen LogP contribution in [0.3, 0.4) is 0 Å². The molecule has 2 atom stereocenters. The van der Waals surface area contributed by atoms with Crippen molar-refractivity contribution in [1.82, 2.24) is 0 Å². The summed E-state index contributed by atoms with van der Waals surface area (Å²) in [4.78, 5) is 0. The number of rotatable bonds is 16. The number of hydrogen-bond acceptors (Lipinski definition) is 3. The topological polar surface area (TPSA) is 74.6 Å². The van der Waals surface area contributed by atoms with E-state index in [0.29, 0.717) is 12.8 Å². The summed E-state index contributed by atoms with van der Waals surface area (Å²) in [6, 6.07) is 0. The van der Waals surface area contributed by atoms with Crippen molar-refractivity contribution in [2.24, 2.45) is 0 Å². The molecule has 2 unspecified atom stereocenters. The van der Waals surface area contributed by atoms with Gasteiger partial charge in [0.05, 0.1) is 11.4 Å². The van der Waals surface area contributed by atoms with Crippen LogP contribution in [-0.2, 0) is 10.1 Å². The van der Waals surface area contributed by atoms with E-state index in [1.807, 2.05) is 13.8 Å². The van der Waals surface area contributed by atoms with Gasteiger partial charge < -0.3 is 5.11 Å². The molecule has 0 bridgehead atoms. The van der Waals surface area contributed by atoms with Crippen molar-refractivity contribution in [3.8, 4) is 0 Å². The summed E-state index contributed by atoms with van der Waals surface area (Å²) < 4.78 is 31.2. The normalized spacial score (nSPS) is 14.8. The third kappa shape index (κ3) is 15.2. The molecule has 0 radical (unpaired) electrons. The molecule has 5 heteroatoms. The predicted octanol–water partition coefficient (Wildman–Crippen LogP) is 5.10. The maximum atomic E-state index is 11.1. The third-order valence-electron chi connectivity index (χ3n) is 4.52. The minimum absolute atomic E-state index is 0.153. The van der Waals surface area contributed by atoms with Crippen LogP contribution in [0.5, 0.6) is 0 Å². The molecule has 0 fully saturated rings. The van der Waals surface area contributed by atoms with Crippen LogP contribution < -0.4 is 0 Å². The zero-order valence-electron chi connectivity index (χ0n) is 15.2. The van der Waals surface area contributed by atoms with Gasteiger partial charge in [-0.25, -0.2) is 0 Å². The lowest BCUT2D eigenvalue weighted by atomic mass is 10.0. The Morgan fingerprint density at radius 2 is 1.09 bits per heavy atom. The Hall–Kier alpha value is -0.130. The monoisotopic (exact) mass is 350 g/mol. The van der Waals surface area contributed by atoms with Gasteiger partial charge in [-0.1, -0.05) is 77.6 Å². The third-order valence-corrected chi connectivity index (χ3v) is 5.94. The Morgan fingerprint density at radius 1 is 0.739 bits per heavy atom. The second-order valence-electron chi connectivity index (χ2n) is 6.86. The molecule has 0 heterocycles. The summed E-state index contributed by atoms with van der Waals surface area (Å²) >= 11 is 0. The molecule has 140 valence electrons. The Bertz CT molecular complexity index is 352. The minimum Gasteiger partial charge on any atom is -0.393 e. The van der Waals surface area contributed by atoms with Gasteiger partial charge in [0.1, 0.15) is 0 Å². The number of aliphatic hydroxyl groups excluding tert-OH is 1. The van der Waals surface area contributed by atoms with E-state index >= 15 is 0 Å².